The van der Waals surface area contributed by atoms with Crippen LogP contribution in [0.25, 0.3) is 11.3 Å². The molecule has 41 heavy (non-hydrogen) atoms. The summed E-state index contributed by atoms with van der Waals surface area (Å²) in [5.41, 5.74) is 4.14. The monoisotopic (exact) mass is 643 g/mol. The lowest BCUT2D eigenvalue weighted by molar-refractivity contribution is 0.208. The molecule has 3 aliphatic rings. The van der Waals surface area contributed by atoms with E-state index in [1.54, 1.807) is 30.1 Å². The van der Waals surface area contributed by atoms with E-state index in [1.165, 1.54) is 50.0 Å². The summed E-state index contributed by atoms with van der Waals surface area (Å²) in [7, 11) is 1.81. The molecule has 0 saturated carbocycles. The van der Waals surface area contributed by atoms with E-state index in [-0.39, 0.29) is 61.2 Å². The third kappa shape index (κ3) is 7.86. The van der Waals surface area contributed by atoms with Crippen LogP contribution in [0.15, 0.2) is 59.7 Å². The molecule has 3 fully saturated rings. The largest absolute Gasteiger partial charge is 0.371 e. The maximum atomic E-state index is 12.8. The van der Waals surface area contributed by atoms with E-state index in [0.717, 1.165) is 44.3 Å². The highest BCUT2D eigenvalue weighted by Crippen LogP contribution is 2.28. The summed E-state index contributed by atoms with van der Waals surface area (Å²) >= 11 is 0. The minimum absolute atomic E-state index is 0. The Morgan fingerprint density at radius 2 is 1.49 bits per heavy atom. The van der Waals surface area contributed by atoms with Crippen LogP contribution in [0, 0.1) is 0 Å². The molecule has 0 unspecified atom stereocenters. The highest BCUT2D eigenvalue weighted by Gasteiger charge is 2.27. The summed E-state index contributed by atoms with van der Waals surface area (Å²) in [6.45, 7) is 7.28. The van der Waals surface area contributed by atoms with Crippen LogP contribution in [0.4, 0.5) is 11.6 Å². The van der Waals surface area contributed by atoms with Crippen molar-refractivity contribution in [3.8, 4) is 11.3 Å². The van der Waals surface area contributed by atoms with Gasteiger partial charge in [0, 0.05) is 81.6 Å². The second-order valence-electron chi connectivity index (χ2n) is 10.6. The van der Waals surface area contributed by atoms with Crippen LogP contribution in [-0.2, 0) is 7.05 Å². The highest BCUT2D eigenvalue weighted by molar-refractivity contribution is 5.86. The van der Waals surface area contributed by atoms with Crippen LogP contribution in [0.5, 0.6) is 0 Å². The zero-order chi connectivity index (χ0) is 25.2. The van der Waals surface area contributed by atoms with Crippen molar-refractivity contribution in [1.82, 2.24) is 24.8 Å². The molecule has 5 heterocycles. The lowest BCUT2D eigenvalue weighted by atomic mass is 10.0. The molecule has 3 saturated heterocycles. The first kappa shape index (κ1) is 35.1. The quantitative estimate of drug-likeness (QED) is 0.430. The van der Waals surface area contributed by atoms with Gasteiger partial charge in [-0.2, -0.15) is 0 Å². The summed E-state index contributed by atoms with van der Waals surface area (Å²) in [5.74, 6) is 0.711. The maximum absolute atomic E-state index is 12.8. The van der Waals surface area contributed by atoms with Gasteiger partial charge >= 0.3 is 0 Å². The number of nitrogens with one attached hydrogen (secondary N) is 1. The number of anilines is 2. The van der Waals surface area contributed by atoms with Gasteiger partial charge in [0.2, 0.25) is 5.95 Å². The van der Waals surface area contributed by atoms with Crippen molar-refractivity contribution in [3.05, 3.63) is 70.8 Å². The van der Waals surface area contributed by atoms with Crippen LogP contribution in [0.1, 0.15) is 37.3 Å². The van der Waals surface area contributed by atoms with E-state index in [9.17, 15) is 4.79 Å². The van der Waals surface area contributed by atoms with Gasteiger partial charge in [0.05, 0.1) is 5.69 Å². The Kier molecular flexibility index (Phi) is 13.7. The Labute approximate surface area is 267 Å². The molecule has 226 valence electrons. The minimum atomic E-state index is -0.0512. The number of rotatable bonds is 5. The van der Waals surface area contributed by atoms with Gasteiger partial charge in [-0.1, -0.05) is 12.1 Å². The van der Waals surface area contributed by atoms with Gasteiger partial charge < -0.3 is 20.0 Å². The normalized spacial score (nSPS) is 19.4. The minimum Gasteiger partial charge on any atom is -0.371 e. The van der Waals surface area contributed by atoms with Crippen molar-refractivity contribution in [3.63, 3.8) is 0 Å². The Balaban J connectivity index is 0.00000147. The van der Waals surface area contributed by atoms with Crippen molar-refractivity contribution in [2.75, 3.05) is 55.6 Å². The summed E-state index contributed by atoms with van der Waals surface area (Å²) in [5, 5.41) is 3.67. The van der Waals surface area contributed by atoms with E-state index in [1.807, 2.05) is 12.1 Å². The Morgan fingerprint density at radius 3 is 2.15 bits per heavy atom. The van der Waals surface area contributed by atoms with Gasteiger partial charge in [-0.15, -0.1) is 49.6 Å². The third-order valence-electron chi connectivity index (χ3n) is 8.33. The second-order valence-corrected chi connectivity index (χ2v) is 10.6. The number of pyridine rings is 1. The van der Waals surface area contributed by atoms with Gasteiger partial charge in [-0.05, 0) is 68.6 Å². The summed E-state index contributed by atoms with van der Waals surface area (Å²) < 4.78 is 1.65. The van der Waals surface area contributed by atoms with Gasteiger partial charge in [0.25, 0.3) is 5.56 Å². The molecule has 1 aromatic carbocycles. The van der Waals surface area contributed by atoms with Crippen LogP contribution < -0.4 is 20.7 Å². The zero-order valence-electron chi connectivity index (χ0n) is 23.4. The molecule has 0 amide bonds. The van der Waals surface area contributed by atoms with Crippen LogP contribution in [-0.4, -0.2) is 71.3 Å². The molecule has 0 radical (unpaired) electrons. The van der Waals surface area contributed by atoms with Crippen molar-refractivity contribution >= 4 is 61.3 Å². The van der Waals surface area contributed by atoms with Gasteiger partial charge in [-0.25, -0.2) is 4.98 Å². The Bertz CT molecular complexity index is 1260. The molecule has 12 heteroatoms. The van der Waals surface area contributed by atoms with Crippen molar-refractivity contribution < 1.29 is 0 Å². The van der Waals surface area contributed by atoms with Crippen LogP contribution in [0.3, 0.4) is 0 Å². The molecule has 1 atom stereocenters. The fourth-order valence-electron chi connectivity index (χ4n) is 6.15. The number of likely N-dealkylation sites (tertiary alicyclic amines) is 1. The number of halogens is 4. The van der Waals surface area contributed by atoms with Crippen LogP contribution >= 0.6 is 49.6 Å². The van der Waals surface area contributed by atoms with Gasteiger partial charge in [-0.3, -0.25) is 14.3 Å². The molecule has 0 aliphatic carbocycles. The van der Waals surface area contributed by atoms with E-state index >= 15 is 0 Å². The lowest BCUT2D eigenvalue weighted by Crippen LogP contribution is -2.47. The molecule has 1 N–H and O–H groups in total. The fraction of sp³-hybridized carbons (Fsp3) is 0.483. The van der Waals surface area contributed by atoms with Gasteiger partial charge in [0.1, 0.15) is 0 Å². The molecular formula is C29H41Cl4N7O. The fourth-order valence-corrected chi connectivity index (χ4v) is 6.15. The molecule has 3 aromatic rings. The summed E-state index contributed by atoms with van der Waals surface area (Å²) in [4.78, 5) is 29.2. The first-order chi connectivity index (χ1) is 18.2. The molecule has 8 nitrogen and oxygen atoms in total. The second kappa shape index (κ2) is 16.0. The Morgan fingerprint density at radius 1 is 0.829 bits per heavy atom. The van der Waals surface area contributed by atoms with E-state index in [0.29, 0.717) is 11.6 Å². The lowest BCUT2D eigenvalue weighted by Gasteiger charge is -2.38. The highest BCUT2D eigenvalue weighted by atomic mass is 35.5. The number of aromatic nitrogens is 3. The van der Waals surface area contributed by atoms with Crippen molar-refractivity contribution in [1.29, 1.82) is 0 Å². The van der Waals surface area contributed by atoms with E-state index in [2.05, 4.69) is 49.3 Å². The molecule has 0 bridgehead atoms. The standard InChI is InChI=1S/C29H37N7O.4ClH/c1-33-28(37)20-26(23-8-12-30-13-9-23)32-29(33)36-19-14-31-27(21-36)22-4-6-24(7-5-22)35-17-10-25(11-18-35)34-15-2-3-16-34;;;;/h4-9,12-13,20,25,27,31H,2-3,10-11,14-19,21H2,1H3;4*1H/t27-;;;;/m1..../s1. The number of hydrogen-bond donors (Lipinski definition) is 1. The number of hydrogen-bond acceptors (Lipinski definition) is 7. The predicted octanol–water partition coefficient (Wildman–Crippen LogP) is 4.75. The van der Waals surface area contributed by atoms with Gasteiger partial charge in [0.15, 0.2) is 0 Å². The average molecular weight is 646 g/mol. The van der Waals surface area contributed by atoms with E-state index < -0.39 is 0 Å². The predicted molar refractivity (Wildman–Crippen MR) is 177 cm³/mol. The topological polar surface area (TPSA) is 69.5 Å². The number of piperidine rings is 1. The molecule has 6 rings (SSSR count). The molecule has 3 aliphatic heterocycles. The summed E-state index contributed by atoms with van der Waals surface area (Å²) in [6, 6.07) is 15.4. The van der Waals surface area contributed by atoms with E-state index in [4.69, 9.17) is 4.98 Å². The zero-order valence-corrected chi connectivity index (χ0v) is 26.6. The molecule has 2 aromatic heterocycles. The summed E-state index contributed by atoms with van der Waals surface area (Å²) in [6.07, 6.45) is 8.74. The SMILES string of the molecule is Cl.Cl.Cl.Cl.Cn1c(N2CCN[C@@H](c3ccc(N4CCC(N5CCCC5)CC4)cc3)C2)nc(-c2ccncc2)cc1=O. The average Bonchev–Trinajstić information content (AvgIpc) is 3.50. The Hall–Kier alpha value is -2.07. The third-order valence-corrected chi connectivity index (χ3v) is 8.33. The first-order valence-corrected chi connectivity index (χ1v) is 13.7. The maximum Gasteiger partial charge on any atom is 0.255 e. The van der Waals surface area contributed by atoms with Crippen molar-refractivity contribution in [2.45, 2.75) is 37.8 Å². The molecule has 0 spiro atoms. The first-order valence-electron chi connectivity index (χ1n) is 13.7. The number of piperazine rings is 1. The van der Waals surface area contributed by atoms with Crippen molar-refractivity contribution in [2.24, 2.45) is 7.05 Å². The molecular weight excluding hydrogens is 604 g/mol. The smallest absolute Gasteiger partial charge is 0.255 e. The van der Waals surface area contributed by atoms with Crippen LogP contribution in [0.2, 0.25) is 0 Å². The number of nitrogens with zero attached hydrogens (tertiary/aromatic N) is 6. The number of benzene rings is 1.